The normalized spacial score (nSPS) is 12.6. The minimum Gasteiger partial charge on any atom is -0.320 e. The molecule has 1 aliphatic carbocycles. The highest BCUT2D eigenvalue weighted by Gasteiger charge is 2.17. The second-order valence-corrected chi connectivity index (χ2v) is 5.61. The molecule has 4 heteroatoms. The van der Waals surface area contributed by atoms with Crippen molar-refractivity contribution in [2.24, 2.45) is 0 Å². The van der Waals surface area contributed by atoms with Crippen molar-refractivity contribution in [3.63, 3.8) is 0 Å². The maximum atomic E-state index is 12.3. The van der Waals surface area contributed by atoms with Gasteiger partial charge in [-0.25, -0.2) is 4.98 Å². The van der Waals surface area contributed by atoms with E-state index >= 15 is 0 Å². The van der Waals surface area contributed by atoms with Crippen molar-refractivity contribution >= 4 is 22.4 Å². The van der Waals surface area contributed by atoms with Gasteiger partial charge < -0.3 is 5.32 Å². The molecule has 0 aliphatic heterocycles. The third-order valence-corrected chi connectivity index (χ3v) is 4.14. The van der Waals surface area contributed by atoms with Crippen LogP contribution in [0.15, 0.2) is 42.7 Å². The standard InChI is InChI=1S/C18H15N3O/c1-11-9-20-16(10-19-11)18(22)21-15-8-7-13-6-5-12-3-2-4-14(15)17(12)13/h2-4,7-10H,5-6H2,1H3,(H,21,22). The lowest BCUT2D eigenvalue weighted by Gasteiger charge is -2.10. The molecule has 0 spiro atoms. The van der Waals surface area contributed by atoms with Gasteiger partial charge in [-0.3, -0.25) is 9.78 Å². The van der Waals surface area contributed by atoms with Gasteiger partial charge in [-0.2, -0.15) is 0 Å². The van der Waals surface area contributed by atoms with Gasteiger partial charge in [0.2, 0.25) is 0 Å². The van der Waals surface area contributed by atoms with Crippen LogP contribution in [0.5, 0.6) is 0 Å². The lowest BCUT2D eigenvalue weighted by molar-refractivity contribution is 0.102. The first-order valence-corrected chi connectivity index (χ1v) is 7.36. The summed E-state index contributed by atoms with van der Waals surface area (Å²) in [5.74, 6) is -0.230. The quantitative estimate of drug-likeness (QED) is 0.787. The molecule has 4 nitrogen and oxygen atoms in total. The summed E-state index contributed by atoms with van der Waals surface area (Å²) in [6, 6.07) is 10.4. The molecule has 2 aromatic carbocycles. The van der Waals surface area contributed by atoms with E-state index in [1.54, 1.807) is 6.20 Å². The van der Waals surface area contributed by atoms with Crippen molar-refractivity contribution in [3.05, 3.63) is 65.2 Å². The van der Waals surface area contributed by atoms with Crippen molar-refractivity contribution in [2.75, 3.05) is 5.32 Å². The van der Waals surface area contributed by atoms with E-state index in [-0.39, 0.29) is 5.91 Å². The number of aromatic nitrogens is 2. The number of nitrogens with zero attached hydrogens (tertiary/aromatic N) is 2. The fourth-order valence-corrected chi connectivity index (χ4v) is 3.05. The molecule has 1 aromatic heterocycles. The minimum atomic E-state index is -0.230. The molecule has 0 bridgehead atoms. The van der Waals surface area contributed by atoms with E-state index in [2.05, 4.69) is 33.5 Å². The van der Waals surface area contributed by atoms with Crippen LogP contribution in [0.25, 0.3) is 10.8 Å². The van der Waals surface area contributed by atoms with Crippen molar-refractivity contribution in [1.29, 1.82) is 0 Å². The fourth-order valence-electron chi connectivity index (χ4n) is 3.05. The molecule has 0 radical (unpaired) electrons. The van der Waals surface area contributed by atoms with E-state index in [0.717, 1.165) is 29.6 Å². The third-order valence-electron chi connectivity index (χ3n) is 4.14. The summed E-state index contributed by atoms with van der Waals surface area (Å²) in [4.78, 5) is 20.6. The van der Waals surface area contributed by atoms with Gasteiger partial charge in [0.1, 0.15) is 5.69 Å². The number of benzene rings is 2. The monoisotopic (exact) mass is 289 g/mol. The van der Waals surface area contributed by atoms with E-state index in [0.29, 0.717) is 5.69 Å². The Hall–Kier alpha value is -2.75. The van der Waals surface area contributed by atoms with Gasteiger partial charge in [-0.1, -0.05) is 24.3 Å². The first-order chi connectivity index (χ1) is 10.7. The number of amides is 1. The van der Waals surface area contributed by atoms with E-state index in [1.165, 1.54) is 22.7 Å². The smallest absolute Gasteiger partial charge is 0.275 e. The molecule has 1 aliphatic rings. The Morgan fingerprint density at radius 3 is 2.64 bits per heavy atom. The van der Waals surface area contributed by atoms with Crippen LogP contribution in [0, 0.1) is 6.92 Å². The average Bonchev–Trinajstić information content (AvgIpc) is 2.95. The van der Waals surface area contributed by atoms with Gasteiger partial charge in [-0.15, -0.1) is 0 Å². The number of aryl methyl sites for hydroxylation is 3. The van der Waals surface area contributed by atoms with Crippen molar-refractivity contribution in [1.82, 2.24) is 9.97 Å². The van der Waals surface area contributed by atoms with E-state index in [4.69, 9.17) is 0 Å². The molecular weight excluding hydrogens is 274 g/mol. The predicted octanol–water partition coefficient (Wildman–Crippen LogP) is 3.29. The molecule has 0 saturated carbocycles. The Bertz CT molecular complexity index is 874. The maximum Gasteiger partial charge on any atom is 0.275 e. The number of carbonyl (C=O) groups excluding carboxylic acids is 1. The highest BCUT2D eigenvalue weighted by Crippen LogP contribution is 2.35. The molecule has 4 rings (SSSR count). The second-order valence-electron chi connectivity index (χ2n) is 5.61. The van der Waals surface area contributed by atoms with Gasteiger partial charge in [0, 0.05) is 17.3 Å². The summed E-state index contributed by atoms with van der Waals surface area (Å²) in [7, 11) is 0. The van der Waals surface area contributed by atoms with E-state index in [9.17, 15) is 4.79 Å². The van der Waals surface area contributed by atoms with Crippen molar-refractivity contribution < 1.29 is 4.79 Å². The van der Waals surface area contributed by atoms with Gasteiger partial charge in [-0.05, 0) is 42.3 Å². The Labute approximate surface area is 128 Å². The number of hydrogen-bond acceptors (Lipinski definition) is 3. The highest BCUT2D eigenvalue weighted by atomic mass is 16.1. The zero-order chi connectivity index (χ0) is 15.1. The molecule has 0 atom stereocenters. The number of carbonyl (C=O) groups is 1. The lowest BCUT2D eigenvalue weighted by Crippen LogP contribution is -2.14. The van der Waals surface area contributed by atoms with Gasteiger partial charge in [0.25, 0.3) is 5.91 Å². The molecule has 1 heterocycles. The Morgan fingerprint density at radius 2 is 1.86 bits per heavy atom. The molecule has 0 fully saturated rings. The van der Waals surface area contributed by atoms with Gasteiger partial charge >= 0.3 is 0 Å². The largest absolute Gasteiger partial charge is 0.320 e. The molecule has 22 heavy (non-hydrogen) atoms. The van der Waals surface area contributed by atoms with Crippen LogP contribution >= 0.6 is 0 Å². The Balaban J connectivity index is 1.73. The summed E-state index contributed by atoms with van der Waals surface area (Å²) in [5, 5.41) is 5.35. The SMILES string of the molecule is Cc1cnc(C(=O)Nc2ccc3c4c(cccc24)CC3)cn1. The van der Waals surface area contributed by atoms with Crippen molar-refractivity contribution in [3.8, 4) is 0 Å². The van der Waals surface area contributed by atoms with Crippen LogP contribution in [-0.4, -0.2) is 15.9 Å². The van der Waals surface area contributed by atoms with Crippen LogP contribution in [0.3, 0.4) is 0 Å². The highest BCUT2D eigenvalue weighted by molar-refractivity contribution is 6.09. The third kappa shape index (κ3) is 2.04. The molecular formula is C18H15N3O. The topological polar surface area (TPSA) is 54.9 Å². The summed E-state index contributed by atoms with van der Waals surface area (Å²) in [5.41, 5.74) is 4.67. The molecule has 1 amide bonds. The summed E-state index contributed by atoms with van der Waals surface area (Å²) in [6.45, 7) is 1.85. The molecule has 108 valence electrons. The van der Waals surface area contributed by atoms with Crippen LogP contribution < -0.4 is 5.32 Å². The Morgan fingerprint density at radius 1 is 1.05 bits per heavy atom. The van der Waals surface area contributed by atoms with Crippen LogP contribution in [0.1, 0.15) is 27.3 Å². The van der Waals surface area contributed by atoms with Gasteiger partial charge in [0.15, 0.2) is 0 Å². The lowest BCUT2D eigenvalue weighted by atomic mass is 10.0. The molecule has 0 saturated heterocycles. The van der Waals surface area contributed by atoms with Gasteiger partial charge in [0.05, 0.1) is 11.9 Å². The Kier molecular flexibility index (Phi) is 2.89. The number of nitrogens with one attached hydrogen (secondary N) is 1. The zero-order valence-corrected chi connectivity index (χ0v) is 12.3. The summed E-state index contributed by atoms with van der Waals surface area (Å²) in [6.07, 6.45) is 5.26. The second kappa shape index (κ2) is 4.91. The predicted molar refractivity (Wildman–Crippen MR) is 86.1 cm³/mol. The average molecular weight is 289 g/mol. The summed E-state index contributed by atoms with van der Waals surface area (Å²) < 4.78 is 0. The number of hydrogen-bond donors (Lipinski definition) is 1. The van der Waals surface area contributed by atoms with E-state index < -0.39 is 0 Å². The van der Waals surface area contributed by atoms with Crippen LogP contribution in [0.2, 0.25) is 0 Å². The van der Waals surface area contributed by atoms with Crippen LogP contribution in [-0.2, 0) is 12.8 Å². The minimum absolute atomic E-state index is 0.230. The zero-order valence-electron chi connectivity index (χ0n) is 12.3. The molecule has 1 N–H and O–H groups in total. The summed E-state index contributed by atoms with van der Waals surface area (Å²) >= 11 is 0. The van der Waals surface area contributed by atoms with Crippen LogP contribution in [0.4, 0.5) is 5.69 Å². The molecule has 3 aromatic rings. The number of anilines is 1. The fraction of sp³-hybridized carbons (Fsp3) is 0.167. The molecule has 0 unspecified atom stereocenters. The first-order valence-electron chi connectivity index (χ1n) is 7.36. The van der Waals surface area contributed by atoms with E-state index in [1.807, 2.05) is 19.1 Å². The number of rotatable bonds is 2. The maximum absolute atomic E-state index is 12.3. The first kappa shape index (κ1) is 13.0. The van der Waals surface area contributed by atoms with Crippen molar-refractivity contribution in [2.45, 2.75) is 19.8 Å².